The summed E-state index contributed by atoms with van der Waals surface area (Å²) in [6.45, 7) is 14.3. The predicted octanol–water partition coefficient (Wildman–Crippen LogP) is 3.71. The van der Waals surface area contributed by atoms with Gasteiger partial charge in [-0.15, -0.1) is 0 Å². The molecule has 0 saturated carbocycles. The summed E-state index contributed by atoms with van der Waals surface area (Å²) in [5.41, 5.74) is 2.56. The van der Waals surface area contributed by atoms with Gasteiger partial charge in [0, 0.05) is 16.5 Å². The van der Waals surface area contributed by atoms with Crippen LogP contribution in [-0.2, 0) is 0 Å². The molecule has 102 valence electrons. The van der Waals surface area contributed by atoms with E-state index in [9.17, 15) is 0 Å². The Morgan fingerprint density at radius 1 is 1.26 bits per heavy atom. The molecule has 1 aromatic rings. The minimum absolute atomic E-state index is 0.105. The van der Waals surface area contributed by atoms with Gasteiger partial charge in [0.25, 0.3) is 0 Å². The van der Waals surface area contributed by atoms with Gasteiger partial charge < -0.3 is 4.98 Å². The standard InChI is InChI=1S/C16H19N.C2H6/c1-5-6-8-14-12(2)13-11-16(3,4)10-7-9-15(13)17-14;1-2/h5-11,17H,1H2,2-4H3;1-2H3/b8-6-;. The lowest BCUT2D eigenvalue weighted by molar-refractivity contribution is 0.670. The zero-order valence-electron chi connectivity index (χ0n) is 12.7. The number of hydrogen-bond donors (Lipinski definition) is 1. The molecule has 1 nitrogen and oxygen atoms in total. The molecule has 0 saturated heterocycles. The zero-order valence-corrected chi connectivity index (χ0v) is 12.7. The summed E-state index contributed by atoms with van der Waals surface area (Å²) in [6.07, 6.45) is 14.6. The highest BCUT2D eigenvalue weighted by atomic mass is 14.7. The number of H-pyrrole nitrogens is 1. The van der Waals surface area contributed by atoms with Crippen LogP contribution in [0.3, 0.4) is 0 Å². The van der Waals surface area contributed by atoms with E-state index < -0.39 is 0 Å². The highest BCUT2D eigenvalue weighted by Gasteiger charge is 2.13. The topological polar surface area (TPSA) is 15.8 Å². The summed E-state index contributed by atoms with van der Waals surface area (Å²) in [7, 11) is 0. The van der Waals surface area contributed by atoms with Gasteiger partial charge in [0.2, 0.25) is 0 Å². The van der Waals surface area contributed by atoms with Gasteiger partial charge in [-0.2, -0.15) is 0 Å². The summed E-state index contributed by atoms with van der Waals surface area (Å²) in [5, 5.41) is 2.50. The molecule has 1 aromatic heterocycles. The van der Waals surface area contributed by atoms with Crippen LogP contribution in [0.1, 0.15) is 39.0 Å². The van der Waals surface area contributed by atoms with Crippen molar-refractivity contribution in [2.45, 2.75) is 34.6 Å². The van der Waals surface area contributed by atoms with Crippen molar-refractivity contribution in [1.82, 2.24) is 4.98 Å². The van der Waals surface area contributed by atoms with Crippen molar-refractivity contribution in [1.29, 1.82) is 0 Å². The van der Waals surface area contributed by atoms with Gasteiger partial charge in [0.1, 0.15) is 0 Å². The molecule has 0 bridgehead atoms. The van der Waals surface area contributed by atoms with Crippen molar-refractivity contribution in [3.8, 4) is 0 Å². The average molecular weight is 255 g/mol. The van der Waals surface area contributed by atoms with Gasteiger partial charge in [-0.1, -0.05) is 64.7 Å². The van der Waals surface area contributed by atoms with Crippen LogP contribution in [0.25, 0.3) is 18.2 Å². The van der Waals surface area contributed by atoms with Crippen LogP contribution >= 0.6 is 0 Å². The number of allylic oxidation sites excluding steroid dienone is 4. The number of nitrogens with one attached hydrogen (secondary N) is 1. The van der Waals surface area contributed by atoms with Gasteiger partial charge in [0.15, 0.2) is 0 Å². The first kappa shape index (κ1) is 15.3. The second-order valence-corrected chi connectivity index (χ2v) is 5.08. The minimum Gasteiger partial charge on any atom is -0.355 e. The average Bonchev–Trinajstić information content (AvgIpc) is 2.58. The van der Waals surface area contributed by atoms with E-state index in [-0.39, 0.29) is 5.41 Å². The van der Waals surface area contributed by atoms with Crippen molar-refractivity contribution >= 4 is 18.2 Å². The number of hydrogen-bond acceptors (Lipinski definition) is 0. The lowest BCUT2D eigenvalue weighted by Gasteiger charge is -2.12. The Hall–Kier alpha value is -1.76. The van der Waals surface area contributed by atoms with E-state index in [0.29, 0.717) is 0 Å². The molecule has 1 aliphatic rings. The van der Waals surface area contributed by atoms with E-state index in [1.807, 2.05) is 19.9 Å². The molecule has 19 heavy (non-hydrogen) atoms. The van der Waals surface area contributed by atoms with Crippen LogP contribution in [0.2, 0.25) is 0 Å². The second-order valence-electron chi connectivity index (χ2n) is 5.08. The van der Waals surface area contributed by atoms with E-state index in [2.05, 4.69) is 62.7 Å². The Morgan fingerprint density at radius 2 is 1.95 bits per heavy atom. The van der Waals surface area contributed by atoms with Crippen LogP contribution < -0.4 is 10.6 Å². The maximum atomic E-state index is 3.70. The highest BCUT2D eigenvalue weighted by molar-refractivity contribution is 5.57. The molecule has 0 spiro atoms. The molecule has 0 aliphatic heterocycles. The normalized spacial score (nSPS) is 15.6. The van der Waals surface area contributed by atoms with Crippen LogP contribution in [-0.4, -0.2) is 4.98 Å². The monoisotopic (exact) mass is 255 g/mol. The van der Waals surface area contributed by atoms with Gasteiger partial charge in [-0.25, -0.2) is 0 Å². The molecule has 2 rings (SSSR count). The van der Waals surface area contributed by atoms with Gasteiger partial charge in [0.05, 0.1) is 0 Å². The van der Waals surface area contributed by atoms with E-state index in [1.54, 1.807) is 6.08 Å². The van der Waals surface area contributed by atoms with Crippen molar-refractivity contribution < 1.29 is 0 Å². The Bertz CT molecular complexity index is 607. The van der Waals surface area contributed by atoms with Gasteiger partial charge >= 0.3 is 0 Å². The summed E-state index contributed by atoms with van der Waals surface area (Å²) >= 11 is 0. The number of rotatable bonds is 2. The van der Waals surface area contributed by atoms with Crippen LogP contribution in [0, 0.1) is 12.3 Å². The van der Waals surface area contributed by atoms with Crippen molar-refractivity contribution in [3.63, 3.8) is 0 Å². The molecular formula is C18H25N. The fourth-order valence-electron chi connectivity index (χ4n) is 2.11. The third kappa shape index (κ3) is 3.60. The Kier molecular flexibility index (Phi) is 5.17. The van der Waals surface area contributed by atoms with Crippen LogP contribution in [0.5, 0.6) is 0 Å². The lowest BCUT2D eigenvalue weighted by Crippen LogP contribution is -2.25. The zero-order chi connectivity index (χ0) is 14.5. The second kappa shape index (κ2) is 6.42. The molecule has 0 fully saturated rings. The fourth-order valence-corrected chi connectivity index (χ4v) is 2.11. The SMILES string of the molecule is C=C/C=C\c1[nH]c2c(c1C)=CC(C)(C)C=CC=2.CC. The van der Waals surface area contributed by atoms with Gasteiger partial charge in [-0.3, -0.25) is 0 Å². The highest BCUT2D eigenvalue weighted by Crippen LogP contribution is 2.20. The smallest absolute Gasteiger partial charge is 0.0458 e. The Labute approximate surface area is 116 Å². The van der Waals surface area contributed by atoms with Crippen molar-refractivity contribution in [2.75, 3.05) is 0 Å². The Morgan fingerprint density at radius 3 is 2.58 bits per heavy atom. The molecule has 0 amide bonds. The molecule has 0 radical (unpaired) electrons. The molecule has 0 atom stereocenters. The quantitative estimate of drug-likeness (QED) is 0.776. The third-order valence-corrected chi connectivity index (χ3v) is 3.07. The summed E-state index contributed by atoms with van der Waals surface area (Å²) in [6, 6.07) is 0. The maximum Gasteiger partial charge on any atom is 0.0458 e. The third-order valence-electron chi connectivity index (χ3n) is 3.07. The van der Waals surface area contributed by atoms with Crippen molar-refractivity contribution in [3.05, 3.63) is 52.7 Å². The number of aromatic nitrogens is 1. The summed E-state index contributed by atoms with van der Waals surface area (Å²) < 4.78 is 0. The fraction of sp³-hybridized carbons (Fsp3) is 0.333. The molecule has 1 heteroatoms. The van der Waals surface area contributed by atoms with E-state index in [0.717, 1.165) is 5.69 Å². The van der Waals surface area contributed by atoms with Crippen LogP contribution in [0.4, 0.5) is 0 Å². The maximum absolute atomic E-state index is 3.70. The van der Waals surface area contributed by atoms with E-state index in [4.69, 9.17) is 0 Å². The first-order valence-electron chi connectivity index (χ1n) is 6.93. The molecule has 1 N–H and O–H groups in total. The molecule has 1 aliphatic carbocycles. The molecule has 1 heterocycles. The lowest BCUT2D eigenvalue weighted by atomic mass is 9.92. The van der Waals surface area contributed by atoms with Crippen LogP contribution in [0.15, 0.2) is 30.9 Å². The minimum atomic E-state index is 0.105. The molecule has 0 unspecified atom stereocenters. The first-order valence-corrected chi connectivity index (χ1v) is 6.93. The summed E-state index contributed by atoms with van der Waals surface area (Å²) in [5.74, 6) is 0. The number of aromatic amines is 1. The van der Waals surface area contributed by atoms with E-state index in [1.165, 1.54) is 16.1 Å². The van der Waals surface area contributed by atoms with Gasteiger partial charge in [-0.05, 0) is 29.9 Å². The first-order chi connectivity index (χ1) is 9.03. The molecule has 0 aromatic carbocycles. The predicted molar refractivity (Wildman–Crippen MR) is 87.2 cm³/mol. The Balaban J connectivity index is 0.000000861. The summed E-state index contributed by atoms with van der Waals surface area (Å²) in [4.78, 5) is 3.44. The number of fused-ring (bicyclic) bond motifs is 1. The molecular weight excluding hydrogens is 230 g/mol. The largest absolute Gasteiger partial charge is 0.355 e. The van der Waals surface area contributed by atoms with Crippen molar-refractivity contribution in [2.24, 2.45) is 5.41 Å². The van der Waals surface area contributed by atoms with E-state index >= 15 is 0 Å².